The molecule has 2 aromatic heterocycles. The van der Waals surface area contributed by atoms with Crippen molar-refractivity contribution in [2.24, 2.45) is 0 Å². The maximum Gasteiger partial charge on any atom is 0.337 e. The number of aromatic nitrogens is 2. The van der Waals surface area contributed by atoms with Crippen molar-refractivity contribution in [2.45, 2.75) is 32.4 Å². The number of carboxylic acids is 1. The van der Waals surface area contributed by atoms with E-state index in [1.54, 1.807) is 11.4 Å². The highest BCUT2D eigenvalue weighted by Crippen LogP contribution is 2.29. The van der Waals surface area contributed by atoms with Gasteiger partial charge in [0.1, 0.15) is 6.07 Å². The Morgan fingerprint density at radius 3 is 2.69 bits per heavy atom. The molecule has 3 heterocycles. The lowest BCUT2D eigenvalue weighted by atomic mass is 10.0. The highest BCUT2D eigenvalue weighted by Gasteiger charge is 2.23. The summed E-state index contributed by atoms with van der Waals surface area (Å²) in [6.45, 7) is 4.64. The second-order valence-corrected chi connectivity index (χ2v) is 7.49. The van der Waals surface area contributed by atoms with Gasteiger partial charge in [0.15, 0.2) is 0 Å². The fourth-order valence-corrected chi connectivity index (χ4v) is 4.02. The lowest BCUT2D eigenvalue weighted by Gasteiger charge is -2.33. The number of aromatic carboxylic acids is 1. The zero-order chi connectivity index (χ0) is 20.4. The van der Waals surface area contributed by atoms with E-state index in [2.05, 4.69) is 45.7 Å². The third-order valence-electron chi connectivity index (χ3n) is 5.59. The van der Waals surface area contributed by atoms with Crippen molar-refractivity contribution in [1.82, 2.24) is 14.5 Å². The zero-order valence-electron chi connectivity index (χ0n) is 16.3. The third kappa shape index (κ3) is 3.80. The Hall–Kier alpha value is -3.37. The number of nitrogens with one attached hydrogen (secondary N) is 1. The summed E-state index contributed by atoms with van der Waals surface area (Å²) < 4.78 is 1.55. The molecule has 1 aromatic carbocycles. The van der Waals surface area contributed by atoms with Gasteiger partial charge in [0.25, 0.3) is 0 Å². The summed E-state index contributed by atoms with van der Waals surface area (Å²) in [6, 6.07) is 12.9. The van der Waals surface area contributed by atoms with Crippen molar-refractivity contribution < 1.29 is 9.90 Å². The molecule has 0 bridgehead atoms. The first-order valence-electron chi connectivity index (χ1n) is 9.74. The van der Waals surface area contributed by atoms with Crippen molar-refractivity contribution >= 4 is 17.2 Å². The van der Waals surface area contributed by atoms with Crippen LogP contribution in [0, 0.1) is 18.3 Å². The highest BCUT2D eigenvalue weighted by molar-refractivity contribution is 5.95. The Morgan fingerprint density at radius 1 is 1.31 bits per heavy atom. The van der Waals surface area contributed by atoms with Crippen LogP contribution in [-0.4, -0.2) is 44.7 Å². The van der Waals surface area contributed by atoms with Crippen molar-refractivity contribution in [2.75, 3.05) is 18.4 Å². The molecule has 0 atom stereocenters. The van der Waals surface area contributed by atoms with E-state index in [4.69, 9.17) is 0 Å². The molecule has 29 heavy (non-hydrogen) atoms. The number of carboxylic acid groups (broad SMARTS) is 1. The molecule has 0 saturated carbocycles. The van der Waals surface area contributed by atoms with Gasteiger partial charge in [-0.3, -0.25) is 4.90 Å². The first-order valence-corrected chi connectivity index (χ1v) is 9.74. The van der Waals surface area contributed by atoms with Crippen LogP contribution in [0.15, 0.2) is 42.7 Å². The molecule has 1 aliphatic heterocycles. The van der Waals surface area contributed by atoms with Crippen LogP contribution in [-0.2, 0) is 6.54 Å². The first kappa shape index (κ1) is 19.0. The van der Waals surface area contributed by atoms with Crippen LogP contribution in [0.3, 0.4) is 0 Å². The van der Waals surface area contributed by atoms with Crippen LogP contribution in [0.2, 0.25) is 0 Å². The van der Waals surface area contributed by atoms with E-state index in [1.807, 2.05) is 6.07 Å². The van der Waals surface area contributed by atoms with Crippen LogP contribution in [0.25, 0.3) is 5.52 Å². The second kappa shape index (κ2) is 7.94. The molecule has 0 spiro atoms. The smallest absolute Gasteiger partial charge is 0.337 e. The van der Waals surface area contributed by atoms with Gasteiger partial charge < -0.3 is 10.4 Å². The van der Waals surface area contributed by atoms with E-state index in [-0.39, 0.29) is 11.6 Å². The number of fused-ring (bicyclic) bond motifs is 1. The Kier molecular flexibility index (Phi) is 5.19. The number of piperidine rings is 1. The van der Waals surface area contributed by atoms with Crippen molar-refractivity contribution in [3.8, 4) is 6.07 Å². The first-order chi connectivity index (χ1) is 14.1. The summed E-state index contributed by atoms with van der Waals surface area (Å²) in [6.07, 6.45) is 4.90. The number of nitrogens with zero attached hydrogens (tertiary/aromatic N) is 4. The van der Waals surface area contributed by atoms with Crippen LogP contribution in [0.5, 0.6) is 0 Å². The standard InChI is InChI=1S/C22H23N5O2/c1-15-19(22(28)29)14-27-21(15)20(17(11-23)12-24-27)25-18-7-9-26(10-8-18)13-16-5-3-2-4-6-16/h2-6,12,14,18,25H,7-10,13H2,1H3,(H,28,29). The van der Waals surface area contributed by atoms with Crippen molar-refractivity contribution in [1.29, 1.82) is 5.26 Å². The van der Waals surface area contributed by atoms with E-state index in [0.717, 1.165) is 32.5 Å². The van der Waals surface area contributed by atoms with Crippen molar-refractivity contribution in [3.05, 3.63) is 65.0 Å². The molecule has 1 fully saturated rings. The monoisotopic (exact) mass is 389 g/mol. The summed E-state index contributed by atoms with van der Waals surface area (Å²) >= 11 is 0. The Balaban J connectivity index is 1.52. The van der Waals surface area contributed by atoms with Gasteiger partial charge in [-0.1, -0.05) is 30.3 Å². The van der Waals surface area contributed by atoms with Gasteiger partial charge in [-0.25, -0.2) is 9.31 Å². The summed E-state index contributed by atoms with van der Waals surface area (Å²) in [7, 11) is 0. The molecule has 2 N–H and O–H groups in total. The fraction of sp³-hybridized carbons (Fsp3) is 0.318. The van der Waals surface area contributed by atoms with E-state index in [1.165, 1.54) is 18.0 Å². The number of carbonyl (C=O) groups is 1. The summed E-state index contributed by atoms with van der Waals surface area (Å²) in [4.78, 5) is 13.9. The average Bonchev–Trinajstić information content (AvgIpc) is 3.08. The summed E-state index contributed by atoms with van der Waals surface area (Å²) in [5.74, 6) is -0.994. The fourth-order valence-electron chi connectivity index (χ4n) is 4.02. The largest absolute Gasteiger partial charge is 0.478 e. The molecular formula is C22H23N5O2. The molecule has 148 valence electrons. The van der Waals surface area contributed by atoms with Gasteiger partial charge in [-0.05, 0) is 30.9 Å². The Labute approximate surface area is 169 Å². The SMILES string of the molecule is Cc1c(C(=O)O)cn2ncc(C#N)c(NC3CCN(Cc4ccccc4)CC3)c12. The lowest BCUT2D eigenvalue weighted by molar-refractivity contribution is 0.0696. The minimum absolute atomic E-state index is 0.202. The van der Waals surface area contributed by atoms with Gasteiger partial charge in [0.05, 0.1) is 28.5 Å². The lowest BCUT2D eigenvalue weighted by Crippen LogP contribution is -2.38. The van der Waals surface area contributed by atoms with E-state index >= 15 is 0 Å². The van der Waals surface area contributed by atoms with Crippen LogP contribution in [0.4, 0.5) is 5.69 Å². The molecular weight excluding hydrogens is 366 g/mol. The maximum absolute atomic E-state index is 11.5. The number of aryl methyl sites for hydroxylation is 1. The number of anilines is 1. The van der Waals surface area contributed by atoms with Crippen molar-refractivity contribution in [3.63, 3.8) is 0 Å². The molecule has 7 nitrogen and oxygen atoms in total. The average molecular weight is 389 g/mol. The van der Waals surface area contributed by atoms with Crippen LogP contribution >= 0.6 is 0 Å². The van der Waals surface area contributed by atoms with Gasteiger partial charge in [0, 0.05) is 31.9 Å². The molecule has 0 radical (unpaired) electrons. The Bertz CT molecular complexity index is 1080. The number of nitriles is 1. The van der Waals surface area contributed by atoms with Gasteiger partial charge in [-0.2, -0.15) is 10.4 Å². The van der Waals surface area contributed by atoms with Crippen LogP contribution < -0.4 is 5.32 Å². The number of hydrogen-bond acceptors (Lipinski definition) is 5. The Morgan fingerprint density at radius 2 is 2.03 bits per heavy atom. The molecule has 3 aromatic rings. The number of likely N-dealkylation sites (tertiary alicyclic amines) is 1. The quantitative estimate of drug-likeness (QED) is 0.695. The van der Waals surface area contributed by atoms with E-state index < -0.39 is 5.97 Å². The third-order valence-corrected chi connectivity index (χ3v) is 5.59. The van der Waals surface area contributed by atoms with E-state index in [0.29, 0.717) is 22.3 Å². The molecule has 0 unspecified atom stereocenters. The number of hydrogen-bond donors (Lipinski definition) is 2. The predicted octanol–water partition coefficient (Wildman–Crippen LogP) is 3.29. The molecule has 0 aliphatic carbocycles. The van der Waals surface area contributed by atoms with Gasteiger partial charge in [-0.15, -0.1) is 0 Å². The minimum Gasteiger partial charge on any atom is -0.478 e. The zero-order valence-corrected chi connectivity index (χ0v) is 16.3. The molecule has 0 amide bonds. The topological polar surface area (TPSA) is 93.7 Å². The molecule has 1 aliphatic rings. The van der Waals surface area contributed by atoms with Gasteiger partial charge in [0.2, 0.25) is 0 Å². The molecule has 7 heteroatoms. The minimum atomic E-state index is -0.994. The maximum atomic E-state index is 11.5. The summed E-state index contributed by atoms with van der Waals surface area (Å²) in [5, 5.41) is 26.7. The normalized spacial score (nSPS) is 15.3. The summed E-state index contributed by atoms with van der Waals surface area (Å²) in [5.41, 5.74) is 3.90. The predicted molar refractivity (Wildman–Crippen MR) is 110 cm³/mol. The highest BCUT2D eigenvalue weighted by atomic mass is 16.4. The van der Waals surface area contributed by atoms with Crippen LogP contribution in [0.1, 0.15) is 39.9 Å². The second-order valence-electron chi connectivity index (χ2n) is 7.49. The molecule has 4 rings (SSSR count). The van der Waals surface area contributed by atoms with E-state index in [9.17, 15) is 15.2 Å². The number of rotatable bonds is 5. The van der Waals surface area contributed by atoms with Gasteiger partial charge >= 0.3 is 5.97 Å². The number of benzene rings is 1. The molecule has 1 saturated heterocycles.